The minimum Gasteiger partial charge on any atom is -0.399 e. The number of nitrogens with zero attached hydrogens (tertiary/aromatic N) is 4. The average molecular weight is 414 g/mol. The van der Waals surface area contributed by atoms with E-state index in [1.165, 1.54) is 17.8 Å². The van der Waals surface area contributed by atoms with E-state index in [0.717, 1.165) is 5.56 Å². The number of nitrogens with two attached hydrogens (primary N) is 2. The number of rotatable bonds is 5. The molecule has 4 rings (SSSR count). The smallest absolute Gasteiger partial charge is 0.167 e. The molecule has 11 heteroatoms. The van der Waals surface area contributed by atoms with Crippen LogP contribution >= 0.6 is 0 Å². The molecule has 5 atom stereocenters. The summed E-state index contributed by atoms with van der Waals surface area (Å²) in [6, 6.07) is 7.24. The van der Waals surface area contributed by atoms with Crippen LogP contribution in [0.2, 0.25) is 0 Å². The highest BCUT2D eigenvalue weighted by molar-refractivity contribution is 5.82. The van der Waals surface area contributed by atoms with Gasteiger partial charge in [-0.15, -0.1) is 0 Å². The van der Waals surface area contributed by atoms with Crippen molar-refractivity contribution in [1.82, 2.24) is 19.5 Å². The third kappa shape index (κ3) is 3.48. The number of nitrogen functional groups attached to an aromatic ring is 2. The van der Waals surface area contributed by atoms with Crippen LogP contribution in [0, 0.1) is 0 Å². The quantitative estimate of drug-likeness (QED) is 0.330. The molecule has 0 aliphatic carbocycles. The fraction of sp³-hybridized carbons (Fsp3) is 0.368. The van der Waals surface area contributed by atoms with Gasteiger partial charge in [-0.05, 0) is 24.6 Å². The second-order valence-electron chi connectivity index (χ2n) is 7.30. The Morgan fingerprint density at radius 1 is 1.20 bits per heavy atom. The van der Waals surface area contributed by atoms with E-state index in [1.54, 1.807) is 12.1 Å². The van der Waals surface area contributed by atoms with Gasteiger partial charge in [0.15, 0.2) is 23.5 Å². The summed E-state index contributed by atoms with van der Waals surface area (Å²) in [4.78, 5) is 24.4. The van der Waals surface area contributed by atoms with Crippen LogP contribution in [-0.4, -0.2) is 65.0 Å². The third-order valence-corrected chi connectivity index (χ3v) is 5.11. The van der Waals surface area contributed by atoms with Gasteiger partial charge in [0, 0.05) is 12.1 Å². The minimum atomic E-state index is -1.57. The molecule has 0 amide bonds. The number of aliphatic hydroxyl groups excluding tert-OH is 3. The zero-order valence-corrected chi connectivity index (χ0v) is 16.1. The molecular formula is C19H22N6O5. The number of ketones is 1. The van der Waals surface area contributed by atoms with Gasteiger partial charge in [0.25, 0.3) is 0 Å². The number of carbonyl (C=O) groups is 1. The van der Waals surface area contributed by atoms with E-state index in [1.807, 2.05) is 12.1 Å². The summed E-state index contributed by atoms with van der Waals surface area (Å²) < 4.78 is 7.01. The maximum Gasteiger partial charge on any atom is 0.167 e. The molecule has 3 heterocycles. The van der Waals surface area contributed by atoms with Crippen molar-refractivity contribution in [2.24, 2.45) is 0 Å². The molecular weight excluding hydrogens is 392 g/mol. The Morgan fingerprint density at radius 2 is 1.90 bits per heavy atom. The molecule has 3 aromatic rings. The molecule has 2 aromatic heterocycles. The summed E-state index contributed by atoms with van der Waals surface area (Å²) >= 11 is 0. The number of hydrogen-bond donors (Lipinski definition) is 5. The normalized spacial score (nSPS) is 24.9. The lowest BCUT2D eigenvalue weighted by Gasteiger charge is -2.18. The van der Waals surface area contributed by atoms with Gasteiger partial charge in [-0.25, -0.2) is 15.0 Å². The Kier molecular flexibility index (Phi) is 5.12. The molecule has 158 valence electrons. The second kappa shape index (κ2) is 7.61. The maximum atomic E-state index is 11.5. The lowest BCUT2D eigenvalue weighted by atomic mass is 10.0. The zero-order chi connectivity index (χ0) is 21.6. The van der Waals surface area contributed by atoms with Crippen LogP contribution in [0.4, 0.5) is 11.5 Å². The first kappa shape index (κ1) is 20.2. The van der Waals surface area contributed by atoms with Crippen LogP contribution in [0.5, 0.6) is 0 Å². The number of imidazole rings is 1. The standard InChI is InChI=1S/C19H22N6O5/c1-8(26)13(27)16-14(28)15(29)19(30-16)25-7-22-12-17(21)23-11(24-18(12)25)6-9-2-4-10(20)5-3-9/h2-5,7,13-16,19,27-29H,6,20H2,1H3,(H2,21,23,24)/t13?,14-,15+,16+,19+/m0/s1. The molecule has 1 saturated heterocycles. The van der Waals surface area contributed by atoms with Gasteiger partial charge in [-0.3, -0.25) is 9.36 Å². The topological polar surface area (TPSA) is 183 Å². The van der Waals surface area contributed by atoms with E-state index >= 15 is 0 Å². The van der Waals surface area contributed by atoms with Gasteiger partial charge in [-0.2, -0.15) is 0 Å². The van der Waals surface area contributed by atoms with E-state index in [4.69, 9.17) is 16.2 Å². The molecule has 0 spiro atoms. The highest BCUT2D eigenvalue weighted by Gasteiger charge is 2.48. The number of benzene rings is 1. The van der Waals surface area contributed by atoms with Crippen molar-refractivity contribution < 1.29 is 24.9 Å². The molecule has 30 heavy (non-hydrogen) atoms. The number of aromatic nitrogens is 4. The molecule has 1 unspecified atom stereocenters. The van der Waals surface area contributed by atoms with Crippen LogP contribution in [-0.2, 0) is 16.0 Å². The minimum absolute atomic E-state index is 0.151. The fourth-order valence-corrected chi connectivity index (χ4v) is 3.48. The largest absolute Gasteiger partial charge is 0.399 e. The van der Waals surface area contributed by atoms with Crippen LogP contribution < -0.4 is 11.5 Å². The van der Waals surface area contributed by atoms with Gasteiger partial charge >= 0.3 is 0 Å². The summed E-state index contributed by atoms with van der Waals surface area (Å²) in [6.45, 7) is 1.17. The molecule has 0 saturated carbocycles. The first-order valence-electron chi connectivity index (χ1n) is 9.29. The summed E-state index contributed by atoms with van der Waals surface area (Å²) in [5.74, 6) is -0.0165. The van der Waals surface area contributed by atoms with Gasteiger partial charge in [0.1, 0.15) is 35.8 Å². The van der Waals surface area contributed by atoms with Gasteiger partial charge < -0.3 is 31.5 Å². The van der Waals surface area contributed by atoms with Crippen LogP contribution in [0.3, 0.4) is 0 Å². The summed E-state index contributed by atoms with van der Waals surface area (Å²) in [6.07, 6.45) is -5.14. The van der Waals surface area contributed by atoms with Crippen molar-refractivity contribution in [3.8, 4) is 0 Å². The molecule has 1 fully saturated rings. The van der Waals surface area contributed by atoms with Crippen molar-refractivity contribution in [2.45, 2.75) is 44.0 Å². The lowest BCUT2D eigenvalue weighted by Crippen LogP contribution is -2.42. The van der Waals surface area contributed by atoms with Crippen LogP contribution in [0.25, 0.3) is 11.2 Å². The van der Waals surface area contributed by atoms with Crippen molar-refractivity contribution in [3.63, 3.8) is 0 Å². The van der Waals surface area contributed by atoms with Crippen molar-refractivity contribution in [1.29, 1.82) is 0 Å². The predicted octanol–water partition coefficient (Wildman–Crippen LogP) is -0.849. The number of fused-ring (bicyclic) bond motifs is 1. The Morgan fingerprint density at radius 3 is 2.57 bits per heavy atom. The van der Waals surface area contributed by atoms with Crippen molar-refractivity contribution in [2.75, 3.05) is 11.5 Å². The summed E-state index contributed by atoms with van der Waals surface area (Å²) in [5.41, 5.74) is 13.9. The first-order chi connectivity index (χ1) is 14.3. The molecule has 0 bridgehead atoms. The van der Waals surface area contributed by atoms with Crippen LogP contribution in [0.15, 0.2) is 30.6 Å². The Bertz CT molecular complexity index is 1080. The molecule has 1 aromatic carbocycles. The number of anilines is 2. The van der Waals surface area contributed by atoms with E-state index in [-0.39, 0.29) is 5.82 Å². The number of carbonyl (C=O) groups excluding carboxylic acids is 1. The van der Waals surface area contributed by atoms with E-state index < -0.39 is 36.4 Å². The molecule has 7 N–H and O–H groups in total. The number of hydrogen-bond acceptors (Lipinski definition) is 10. The zero-order valence-electron chi connectivity index (χ0n) is 16.1. The van der Waals surface area contributed by atoms with Crippen molar-refractivity contribution in [3.05, 3.63) is 42.0 Å². The van der Waals surface area contributed by atoms with E-state index in [0.29, 0.717) is 29.1 Å². The number of Topliss-reactive ketones (excluding diaryl/α,β-unsaturated/α-hetero) is 1. The number of ether oxygens (including phenoxy) is 1. The summed E-state index contributed by atoms with van der Waals surface area (Å²) in [5, 5.41) is 30.7. The molecule has 11 nitrogen and oxygen atoms in total. The predicted molar refractivity (Wildman–Crippen MR) is 106 cm³/mol. The van der Waals surface area contributed by atoms with Gasteiger partial charge in [0.2, 0.25) is 0 Å². The Labute approximate surface area is 170 Å². The molecule has 0 radical (unpaired) electrons. The molecule has 1 aliphatic rings. The Balaban J connectivity index is 1.69. The maximum absolute atomic E-state index is 11.5. The SMILES string of the molecule is CC(=O)C(O)[C@H]1O[C@@H](n2cnc3c(N)nc(Cc4ccc(N)cc4)nc32)[C@H](O)[C@@H]1O. The van der Waals surface area contributed by atoms with Gasteiger partial charge in [-0.1, -0.05) is 12.1 Å². The second-order valence-corrected chi connectivity index (χ2v) is 7.30. The number of aliphatic hydroxyl groups is 3. The van der Waals surface area contributed by atoms with Crippen molar-refractivity contribution >= 4 is 28.5 Å². The van der Waals surface area contributed by atoms with E-state index in [2.05, 4.69) is 15.0 Å². The lowest BCUT2D eigenvalue weighted by molar-refractivity contribution is -0.139. The Hall–Kier alpha value is -3.12. The van der Waals surface area contributed by atoms with E-state index in [9.17, 15) is 20.1 Å². The highest BCUT2D eigenvalue weighted by atomic mass is 16.6. The monoisotopic (exact) mass is 414 g/mol. The first-order valence-corrected chi connectivity index (χ1v) is 9.29. The highest BCUT2D eigenvalue weighted by Crippen LogP contribution is 2.33. The fourth-order valence-electron chi connectivity index (χ4n) is 3.48. The third-order valence-electron chi connectivity index (χ3n) is 5.11. The molecule has 1 aliphatic heterocycles. The summed E-state index contributed by atoms with van der Waals surface area (Å²) in [7, 11) is 0. The average Bonchev–Trinajstić information content (AvgIpc) is 3.25. The van der Waals surface area contributed by atoms with Gasteiger partial charge in [0.05, 0.1) is 6.33 Å². The van der Waals surface area contributed by atoms with Crippen LogP contribution in [0.1, 0.15) is 24.5 Å².